The van der Waals surface area contributed by atoms with Gasteiger partial charge in [-0.05, 0) is 37.6 Å². The molecule has 1 aliphatic heterocycles. The minimum Gasteiger partial charge on any atom is -0.375 e. The van der Waals surface area contributed by atoms with Crippen LogP contribution in [0.5, 0.6) is 0 Å². The number of thiazole rings is 1. The van der Waals surface area contributed by atoms with E-state index in [0.29, 0.717) is 10.5 Å². The predicted octanol–water partition coefficient (Wildman–Crippen LogP) is 2.10. The normalized spacial score (nSPS) is 24.5. The van der Waals surface area contributed by atoms with E-state index in [2.05, 4.69) is 9.88 Å². The van der Waals surface area contributed by atoms with Crippen molar-refractivity contribution in [2.75, 3.05) is 18.8 Å². The van der Waals surface area contributed by atoms with Gasteiger partial charge in [-0.2, -0.15) is 0 Å². The van der Waals surface area contributed by atoms with E-state index in [1.54, 1.807) is 11.3 Å². The predicted molar refractivity (Wildman–Crippen MR) is 62.7 cm³/mol. The van der Waals surface area contributed by atoms with Crippen LogP contribution in [0.1, 0.15) is 30.6 Å². The first-order valence-electron chi connectivity index (χ1n) is 5.68. The largest absolute Gasteiger partial charge is 0.375 e. The van der Waals surface area contributed by atoms with Crippen molar-refractivity contribution in [1.82, 2.24) is 9.88 Å². The van der Waals surface area contributed by atoms with Gasteiger partial charge in [0.05, 0.1) is 0 Å². The van der Waals surface area contributed by atoms with Crippen LogP contribution >= 0.6 is 11.3 Å². The molecule has 0 amide bonds. The second-order valence-electron chi connectivity index (χ2n) is 4.98. The summed E-state index contributed by atoms with van der Waals surface area (Å²) in [5.41, 5.74) is 6.35. The number of piperidine rings is 1. The Hall–Kier alpha value is -0.610. The fourth-order valence-corrected chi connectivity index (χ4v) is 3.37. The van der Waals surface area contributed by atoms with Crippen molar-refractivity contribution in [2.24, 2.45) is 5.41 Å². The summed E-state index contributed by atoms with van der Waals surface area (Å²) in [7, 11) is 0. The maximum absolute atomic E-state index is 5.64. The van der Waals surface area contributed by atoms with Crippen molar-refractivity contribution < 1.29 is 0 Å². The minimum absolute atomic E-state index is 0.697. The highest BCUT2D eigenvalue weighted by Crippen LogP contribution is 2.52. The van der Waals surface area contributed by atoms with Crippen LogP contribution in [0.2, 0.25) is 0 Å². The summed E-state index contributed by atoms with van der Waals surface area (Å²) >= 11 is 1.63. The third kappa shape index (κ3) is 2.01. The molecule has 15 heavy (non-hydrogen) atoms. The van der Waals surface area contributed by atoms with Crippen LogP contribution in [-0.4, -0.2) is 23.0 Å². The Bertz CT molecular complexity index is 356. The van der Waals surface area contributed by atoms with E-state index in [1.165, 1.54) is 43.6 Å². The van der Waals surface area contributed by atoms with Gasteiger partial charge in [-0.1, -0.05) is 0 Å². The summed E-state index contributed by atoms with van der Waals surface area (Å²) < 4.78 is 0. The number of aromatic nitrogens is 1. The maximum Gasteiger partial charge on any atom is 0.180 e. The molecule has 1 aromatic heterocycles. The second-order valence-corrected chi connectivity index (χ2v) is 6.13. The van der Waals surface area contributed by atoms with Gasteiger partial charge < -0.3 is 5.73 Å². The van der Waals surface area contributed by atoms with Crippen molar-refractivity contribution >= 4 is 16.5 Å². The van der Waals surface area contributed by atoms with Gasteiger partial charge in [-0.15, -0.1) is 11.3 Å². The summed E-state index contributed by atoms with van der Waals surface area (Å²) in [5.74, 6) is 0. The fourth-order valence-electron chi connectivity index (χ4n) is 2.65. The van der Waals surface area contributed by atoms with E-state index in [4.69, 9.17) is 5.73 Å². The van der Waals surface area contributed by atoms with Crippen LogP contribution in [0.3, 0.4) is 0 Å². The van der Waals surface area contributed by atoms with E-state index >= 15 is 0 Å². The molecule has 0 aromatic carbocycles. The summed E-state index contributed by atoms with van der Waals surface area (Å²) in [6.07, 6.45) is 7.65. The average Bonchev–Trinajstić information content (AvgIpc) is 2.81. The maximum atomic E-state index is 5.64. The summed E-state index contributed by atoms with van der Waals surface area (Å²) in [6, 6.07) is 0. The molecule has 3 rings (SSSR count). The second kappa shape index (κ2) is 3.46. The van der Waals surface area contributed by atoms with E-state index in [9.17, 15) is 0 Å². The third-order valence-corrected chi connectivity index (χ3v) is 4.46. The van der Waals surface area contributed by atoms with Crippen LogP contribution < -0.4 is 5.73 Å². The Balaban J connectivity index is 1.63. The lowest BCUT2D eigenvalue weighted by Crippen LogP contribution is -2.35. The molecule has 1 aliphatic carbocycles. The van der Waals surface area contributed by atoms with Crippen molar-refractivity contribution in [3.05, 3.63) is 11.1 Å². The Kier molecular flexibility index (Phi) is 2.21. The van der Waals surface area contributed by atoms with Crippen molar-refractivity contribution in [1.29, 1.82) is 0 Å². The van der Waals surface area contributed by atoms with Crippen molar-refractivity contribution in [2.45, 2.75) is 32.2 Å². The van der Waals surface area contributed by atoms with E-state index in [1.807, 2.05) is 6.20 Å². The number of nitrogen functional groups attached to an aromatic ring is 1. The molecule has 0 unspecified atom stereocenters. The van der Waals surface area contributed by atoms with Crippen LogP contribution in [0.25, 0.3) is 0 Å². The molecule has 1 spiro atoms. The summed E-state index contributed by atoms with van der Waals surface area (Å²) in [5, 5.41) is 0.697. The molecule has 1 aromatic rings. The van der Waals surface area contributed by atoms with Crippen molar-refractivity contribution in [3.63, 3.8) is 0 Å². The number of nitrogens with zero attached hydrogens (tertiary/aromatic N) is 2. The Morgan fingerprint density at radius 3 is 3.00 bits per heavy atom. The molecule has 2 N–H and O–H groups in total. The number of anilines is 1. The van der Waals surface area contributed by atoms with Crippen LogP contribution in [0.15, 0.2) is 6.20 Å². The number of likely N-dealkylation sites (tertiary alicyclic amines) is 1. The Morgan fingerprint density at radius 2 is 2.33 bits per heavy atom. The van der Waals surface area contributed by atoms with Gasteiger partial charge in [0.25, 0.3) is 0 Å². The average molecular weight is 223 g/mol. The smallest absolute Gasteiger partial charge is 0.180 e. The van der Waals surface area contributed by atoms with E-state index < -0.39 is 0 Å². The standard InChI is InChI=1S/C11H17N3S/c12-10-13-6-9(15-10)7-14-5-1-2-11(8-14)3-4-11/h6H,1-5,7-8H2,(H2,12,13). The first-order valence-corrected chi connectivity index (χ1v) is 6.50. The Morgan fingerprint density at radius 1 is 1.47 bits per heavy atom. The molecule has 1 saturated heterocycles. The zero-order chi connectivity index (χ0) is 10.3. The lowest BCUT2D eigenvalue weighted by molar-refractivity contribution is 0.155. The monoisotopic (exact) mass is 223 g/mol. The van der Waals surface area contributed by atoms with Gasteiger partial charge in [-0.3, -0.25) is 4.90 Å². The molecule has 4 heteroatoms. The van der Waals surface area contributed by atoms with Gasteiger partial charge in [-0.25, -0.2) is 4.98 Å². The van der Waals surface area contributed by atoms with Gasteiger partial charge in [0.15, 0.2) is 5.13 Å². The first kappa shape index (κ1) is 9.60. The molecule has 0 atom stereocenters. The molecule has 82 valence electrons. The lowest BCUT2D eigenvalue weighted by Gasteiger charge is -2.32. The number of nitrogens with two attached hydrogens (primary N) is 1. The quantitative estimate of drug-likeness (QED) is 0.835. The summed E-state index contributed by atoms with van der Waals surface area (Å²) in [6.45, 7) is 3.60. The molecule has 2 fully saturated rings. The zero-order valence-corrected chi connectivity index (χ0v) is 9.72. The fraction of sp³-hybridized carbons (Fsp3) is 0.727. The van der Waals surface area contributed by atoms with E-state index in [-0.39, 0.29) is 0 Å². The van der Waals surface area contributed by atoms with Crippen LogP contribution in [0, 0.1) is 5.41 Å². The van der Waals surface area contributed by atoms with Crippen molar-refractivity contribution in [3.8, 4) is 0 Å². The minimum atomic E-state index is 0.697. The molecule has 0 radical (unpaired) electrons. The van der Waals surface area contributed by atoms with Crippen LogP contribution in [-0.2, 0) is 6.54 Å². The molecule has 1 saturated carbocycles. The third-order valence-electron chi connectivity index (χ3n) is 3.65. The molecule has 0 bridgehead atoms. The Labute approximate surface area is 94.3 Å². The van der Waals surface area contributed by atoms with E-state index in [0.717, 1.165) is 6.54 Å². The van der Waals surface area contributed by atoms with Gasteiger partial charge in [0.2, 0.25) is 0 Å². The van der Waals surface area contributed by atoms with Gasteiger partial charge in [0.1, 0.15) is 0 Å². The highest BCUT2D eigenvalue weighted by Gasteiger charge is 2.45. The number of rotatable bonds is 2. The van der Waals surface area contributed by atoms with Gasteiger partial charge in [0, 0.05) is 24.2 Å². The molecule has 3 nitrogen and oxygen atoms in total. The highest BCUT2D eigenvalue weighted by atomic mass is 32.1. The topological polar surface area (TPSA) is 42.1 Å². The highest BCUT2D eigenvalue weighted by molar-refractivity contribution is 7.15. The SMILES string of the molecule is Nc1ncc(CN2CCCC3(CC3)C2)s1. The molecule has 2 aliphatic rings. The summed E-state index contributed by atoms with van der Waals surface area (Å²) in [4.78, 5) is 7.99. The molecule has 2 heterocycles. The van der Waals surface area contributed by atoms with Crippen LogP contribution in [0.4, 0.5) is 5.13 Å². The first-order chi connectivity index (χ1) is 7.26. The molecular formula is C11H17N3S. The molecular weight excluding hydrogens is 206 g/mol. The lowest BCUT2D eigenvalue weighted by atomic mass is 9.95. The zero-order valence-electron chi connectivity index (χ0n) is 8.91. The van der Waals surface area contributed by atoms with Gasteiger partial charge >= 0.3 is 0 Å². The number of hydrogen-bond acceptors (Lipinski definition) is 4. The number of hydrogen-bond donors (Lipinski definition) is 1.